The first-order chi connectivity index (χ1) is 12.6. The monoisotopic (exact) mass is 348 g/mol. The van der Waals surface area contributed by atoms with Gasteiger partial charge in [0.1, 0.15) is 12.4 Å². The van der Waals surface area contributed by atoms with E-state index in [9.17, 15) is 14.4 Å². The highest BCUT2D eigenvalue weighted by molar-refractivity contribution is 6.07. The van der Waals surface area contributed by atoms with Gasteiger partial charge in [0.25, 0.3) is 0 Å². The van der Waals surface area contributed by atoms with Gasteiger partial charge >= 0.3 is 0 Å². The SMILES string of the molecule is O=C(CN1C(=O)CCC1=O)Nc1cccc2ccc(-n3cccc3)nc12. The lowest BCUT2D eigenvalue weighted by Crippen LogP contribution is -2.36. The van der Waals surface area contributed by atoms with Gasteiger partial charge in [-0.3, -0.25) is 19.3 Å². The molecule has 0 saturated carbocycles. The molecular weight excluding hydrogens is 332 g/mol. The summed E-state index contributed by atoms with van der Waals surface area (Å²) < 4.78 is 1.87. The number of fused-ring (bicyclic) bond motifs is 1. The summed E-state index contributed by atoms with van der Waals surface area (Å²) in [5.74, 6) is -0.310. The van der Waals surface area contributed by atoms with Crippen molar-refractivity contribution in [3.05, 3.63) is 54.9 Å². The summed E-state index contributed by atoms with van der Waals surface area (Å²) >= 11 is 0. The van der Waals surface area contributed by atoms with E-state index >= 15 is 0 Å². The highest BCUT2D eigenvalue weighted by Crippen LogP contribution is 2.23. The molecule has 130 valence electrons. The average molecular weight is 348 g/mol. The van der Waals surface area contributed by atoms with Crippen LogP contribution in [0.1, 0.15) is 12.8 Å². The number of rotatable bonds is 4. The van der Waals surface area contributed by atoms with Crippen molar-refractivity contribution in [2.75, 3.05) is 11.9 Å². The van der Waals surface area contributed by atoms with Crippen molar-refractivity contribution in [2.45, 2.75) is 12.8 Å². The number of nitrogens with one attached hydrogen (secondary N) is 1. The maximum absolute atomic E-state index is 12.3. The highest BCUT2D eigenvalue weighted by atomic mass is 16.2. The molecule has 3 heterocycles. The van der Waals surface area contributed by atoms with Crippen LogP contribution >= 0.6 is 0 Å². The van der Waals surface area contributed by atoms with Gasteiger partial charge in [0.2, 0.25) is 17.7 Å². The minimum absolute atomic E-state index is 0.169. The lowest BCUT2D eigenvalue weighted by Gasteiger charge is -2.14. The second kappa shape index (κ2) is 6.44. The average Bonchev–Trinajstić information content (AvgIpc) is 3.28. The molecule has 3 amide bonds. The molecule has 1 aliphatic heterocycles. The number of carbonyl (C=O) groups is 3. The van der Waals surface area contributed by atoms with Crippen molar-refractivity contribution in [3.63, 3.8) is 0 Å². The number of para-hydroxylation sites is 1. The second-order valence-corrected chi connectivity index (χ2v) is 6.06. The lowest BCUT2D eigenvalue weighted by molar-refractivity contribution is -0.141. The Labute approximate surface area is 149 Å². The predicted octanol–water partition coefficient (Wildman–Crippen LogP) is 2.11. The molecule has 0 atom stereocenters. The quantitative estimate of drug-likeness (QED) is 0.732. The fraction of sp³-hybridized carbons (Fsp3) is 0.158. The highest BCUT2D eigenvalue weighted by Gasteiger charge is 2.30. The van der Waals surface area contributed by atoms with Crippen LogP contribution in [0.3, 0.4) is 0 Å². The van der Waals surface area contributed by atoms with Crippen molar-refractivity contribution in [1.82, 2.24) is 14.5 Å². The Balaban J connectivity index is 1.61. The third-order valence-electron chi connectivity index (χ3n) is 4.31. The van der Waals surface area contributed by atoms with Crippen LogP contribution in [-0.2, 0) is 14.4 Å². The molecule has 2 aromatic heterocycles. The molecule has 1 aliphatic rings. The molecule has 1 saturated heterocycles. The van der Waals surface area contributed by atoms with Crippen LogP contribution in [-0.4, -0.2) is 38.7 Å². The largest absolute Gasteiger partial charge is 0.323 e. The zero-order chi connectivity index (χ0) is 18.1. The lowest BCUT2D eigenvalue weighted by atomic mass is 10.2. The van der Waals surface area contributed by atoms with Gasteiger partial charge in [0.05, 0.1) is 11.2 Å². The fourth-order valence-electron chi connectivity index (χ4n) is 3.00. The van der Waals surface area contributed by atoms with Crippen molar-refractivity contribution < 1.29 is 14.4 Å². The molecule has 0 unspecified atom stereocenters. The summed E-state index contributed by atoms with van der Waals surface area (Å²) in [6, 6.07) is 13.1. The van der Waals surface area contributed by atoms with E-state index in [1.807, 2.05) is 53.4 Å². The number of pyridine rings is 1. The summed E-state index contributed by atoms with van der Waals surface area (Å²) in [6.45, 7) is -0.272. The number of aromatic nitrogens is 2. The van der Waals surface area contributed by atoms with Crippen molar-refractivity contribution >= 4 is 34.3 Å². The number of imide groups is 1. The standard InChI is InChI=1S/C19H16N4O3/c24-16(12-23-17(25)8-9-18(23)26)20-14-5-3-4-13-6-7-15(21-19(13)14)22-10-1-2-11-22/h1-7,10-11H,8-9,12H2,(H,20,24). The van der Waals surface area contributed by atoms with E-state index in [0.29, 0.717) is 11.2 Å². The molecule has 7 nitrogen and oxygen atoms in total. The smallest absolute Gasteiger partial charge is 0.244 e. The Hall–Kier alpha value is -3.48. The number of amides is 3. The van der Waals surface area contributed by atoms with Gasteiger partial charge < -0.3 is 9.88 Å². The molecule has 7 heteroatoms. The number of hydrogen-bond donors (Lipinski definition) is 1. The van der Waals surface area contributed by atoms with E-state index in [-0.39, 0.29) is 31.2 Å². The Bertz CT molecular complexity index is 995. The summed E-state index contributed by atoms with van der Waals surface area (Å²) in [7, 11) is 0. The van der Waals surface area contributed by atoms with Gasteiger partial charge in [-0.15, -0.1) is 0 Å². The summed E-state index contributed by atoms with van der Waals surface area (Å²) in [5, 5.41) is 3.65. The van der Waals surface area contributed by atoms with E-state index in [0.717, 1.165) is 16.1 Å². The number of anilines is 1. The van der Waals surface area contributed by atoms with Crippen LogP contribution in [0.2, 0.25) is 0 Å². The number of benzene rings is 1. The Morgan fingerprint density at radius 1 is 1.00 bits per heavy atom. The minimum Gasteiger partial charge on any atom is -0.323 e. The molecule has 26 heavy (non-hydrogen) atoms. The van der Waals surface area contributed by atoms with Gasteiger partial charge in [-0.1, -0.05) is 12.1 Å². The van der Waals surface area contributed by atoms with E-state index in [4.69, 9.17) is 0 Å². The topological polar surface area (TPSA) is 84.3 Å². The van der Waals surface area contributed by atoms with Crippen molar-refractivity contribution in [3.8, 4) is 5.82 Å². The van der Waals surface area contributed by atoms with Gasteiger partial charge in [0, 0.05) is 30.6 Å². The Morgan fingerprint density at radius 3 is 2.46 bits per heavy atom. The van der Waals surface area contributed by atoms with Gasteiger partial charge in [-0.25, -0.2) is 4.98 Å². The van der Waals surface area contributed by atoms with Crippen LogP contribution in [0, 0.1) is 0 Å². The summed E-state index contributed by atoms with van der Waals surface area (Å²) in [6.07, 6.45) is 4.12. The first-order valence-electron chi connectivity index (χ1n) is 8.28. The van der Waals surface area contributed by atoms with E-state index in [2.05, 4.69) is 10.3 Å². The number of hydrogen-bond acceptors (Lipinski definition) is 4. The maximum Gasteiger partial charge on any atom is 0.244 e. The van der Waals surface area contributed by atoms with Crippen LogP contribution in [0.4, 0.5) is 5.69 Å². The molecule has 3 aromatic rings. The summed E-state index contributed by atoms with van der Waals surface area (Å²) in [5.41, 5.74) is 1.19. The van der Waals surface area contributed by atoms with Gasteiger partial charge in [-0.05, 0) is 30.3 Å². The molecule has 0 bridgehead atoms. The Morgan fingerprint density at radius 2 is 1.73 bits per heavy atom. The maximum atomic E-state index is 12.3. The fourth-order valence-corrected chi connectivity index (χ4v) is 3.00. The van der Waals surface area contributed by atoms with Crippen molar-refractivity contribution in [1.29, 1.82) is 0 Å². The molecule has 0 spiro atoms. The van der Waals surface area contributed by atoms with Crippen LogP contribution < -0.4 is 5.32 Å². The van der Waals surface area contributed by atoms with Gasteiger partial charge in [0.15, 0.2) is 0 Å². The van der Waals surface area contributed by atoms with Crippen LogP contribution in [0.5, 0.6) is 0 Å². The minimum atomic E-state index is -0.422. The Kier molecular flexibility index (Phi) is 3.96. The van der Waals surface area contributed by atoms with E-state index in [1.165, 1.54) is 0 Å². The summed E-state index contributed by atoms with van der Waals surface area (Å²) in [4.78, 5) is 41.3. The second-order valence-electron chi connectivity index (χ2n) is 6.06. The predicted molar refractivity (Wildman–Crippen MR) is 95.7 cm³/mol. The van der Waals surface area contributed by atoms with Crippen molar-refractivity contribution in [2.24, 2.45) is 0 Å². The molecule has 1 fully saturated rings. The third-order valence-corrected chi connectivity index (χ3v) is 4.31. The molecule has 0 aliphatic carbocycles. The van der Waals surface area contributed by atoms with Crippen LogP contribution in [0.15, 0.2) is 54.9 Å². The van der Waals surface area contributed by atoms with E-state index < -0.39 is 5.91 Å². The first-order valence-corrected chi connectivity index (χ1v) is 8.28. The molecule has 1 N–H and O–H groups in total. The molecule has 4 rings (SSSR count). The molecule has 0 radical (unpaired) electrons. The van der Waals surface area contributed by atoms with Gasteiger partial charge in [-0.2, -0.15) is 0 Å². The van der Waals surface area contributed by atoms with E-state index in [1.54, 1.807) is 6.07 Å². The number of nitrogens with zero attached hydrogens (tertiary/aromatic N) is 3. The molecule has 1 aromatic carbocycles. The zero-order valence-corrected chi connectivity index (χ0v) is 13.9. The molecular formula is C19H16N4O3. The zero-order valence-electron chi connectivity index (χ0n) is 13.9. The third kappa shape index (κ3) is 2.95. The normalized spacial score (nSPS) is 14.2. The first kappa shape index (κ1) is 16.0. The number of likely N-dealkylation sites (tertiary alicyclic amines) is 1. The van der Waals surface area contributed by atoms with Crippen LogP contribution in [0.25, 0.3) is 16.7 Å². The number of carbonyl (C=O) groups excluding carboxylic acids is 3.